The Bertz CT molecular complexity index is 521. The molecule has 0 saturated heterocycles. The number of aldehydes is 1. The summed E-state index contributed by atoms with van der Waals surface area (Å²) in [6.07, 6.45) is 2.20. The van der Waals surface area contributed by atoms with Crippen molar-refractivity contribution < 1.29 is 9.90 Å². The van der Waals surface area contributed by atoms with Gasteiger partial charge in [-0.1, -0.05) is 0 Å². The molecule has 0 fully saturated rings. The lowest BCUT2D eigenvalue weighted by Gasteiger charge is -2.05. The van der Waals surface area contributed by atoms with E-state index in [1.165, 1.54) is 6.20 Å². The first kappa shape index (κ1) is 10.4. The van der Waals surface area contributed by atoms with Crippen LogP contribution in [0.25, 0.3) is 11.4 Å². The molecule has 0 unspecified atom stereocenters. The summed E-state index contributed by atoms with van der Waals surface area (Å²) < 4.78 is 0. The largest absolute Gasteiger partial charge is 0.507 e. The molecule has 0 saturated carbocycles. The normalized spacial score (nSPS) is 10.4. The number of rotatable bonds is 2. The molecule has 0 aliphatic rings. The van der Waals surface area contributed by atoms with E-state index in [0.29, 0.717) is 17.3 Å². The number of carbonyl (C=O) groups is 1. The van der Waals surface area contributed by atoms with Crippen molar-refractivity contribution in [1.29, 1.82) is 0 Å². The number of phenolic OH excluding ortho intramolecular Hbond substituents is 1. The van der Waals surface area contributed by atoms with Gasteiger partial charge in [-0.2, -0.15) is 0 Å². The first-order valence-corrected chi connectivity index (χ1v) is 4.92. The van der Waals surface area contributed by atoms with Crippen LogP contribution in [0.15, 0.2) is 18.3 Å². The van der Waals surface area contributed by atoms with Crippen LogP contribution in [0.1, 0.15) is 21.6 Å². The summed E-state index contributed by atoms with van der Waals surface area (Å²) in [5.74, 6) is 0.930. The molecule has 2 aromatic rings. The van der Waals surface area contributed by atoms with E-state index >= 15 is 0 Å². The fourth-order valence-electron chi connectivity index (χ4n) is 1.63. The maximum Gasteiger partial charge on any atom is 0.167 e. The first-order valence-electron chi connectivity index (χ1n) is 4.92. The molecule has 1 aromatic carbocycles. The van der Waals surface area contributed by atoms with Crippen LogP contribution in [0.2, 0.25) is 0 Å². The van der Waals surface area contributed by atoms with Gasteiger partial charge in [0.05, 0.1) is 11.9 Å². The number of benzene rings is 1. The summed E-state index contributed by atoms with van der Waals surface area (Å²) in [7, 11) is 0. The number of aromatic nitrogens is 2. The van der Waals surface area contributed by atoms with Crippen LogP contribution in [-0.4, -0.2) is 21.4 Å². The van der Waals surface area contributed by atoms with Gasteiger partial charge in [-0.05, 0) is 37.1 Å². The van der Waals surface area contributed by atoms with E-state index in [9.17, 15) is 9.90 Å². The summed E-state index contributed by atoms with van der Waals surface area (Å²) in [6, 6.07) is 3.66. The van der Waals surface area contributed by atoms with Crippen molar-refractivity contribution in [1.82, 2.24) is 9.97 Å². The Morgan fingerprint density at radius 3 is 2.44 bits per heavy atom. The number of aromatic hydroxyl groups is 1. The monoisotopic (exact) mass is 216 g/mol. The quantitative estimate of drug-likeness (QED) is 0.756. The molecular weight excluding hydrogens is 204 g/mol. The third-order valence-corrected chi connectivity index (χ3v) is 2.49. The fourth-order valence-corrected chi connectivity index (χ4v) is 1.63. The van der Waals surface area contributed by atoms with Crippen LogP contribution in [0.4, 0.5) is 0 Å². The zero-order valence-corrected chi connectivity index (χ0v) is 9.11. The van der Waals surface area contributed by atoms with E-state index in [0.717, 1.165) is 23.0 Å². The predicted octanol–water partition coefficient (Wildman–Crippen LogP) is 2.21. The third-order valence-electron chi connectivity index (χ3n) is 2.49. The number of aromatic amines is 1. The van der Waals surface area contributed by atoms with Gasteiger partial charge in [-0.25, -0.2) is 4.98 Å². The van der Waals surface area contributed by atoms with Crippen molar-refractivity contribution in [3.8, 4) is 17.1 Å². The minimum Gasteiger partial charge on any atom is -0.507 e. The van der Waals surface area contributed by atoms with E-state index in [-0.39, 0.29) is 0 Å². The maximum absolute atomic E-state index is 10.5. The molecule has 0 amide bonds. The van der Waals surface area contributed by atoms with Gasteiger partial charge in [-0.3, -0.25) is 4.79 Å². The summed E-state index contributed by atoms with van der Waals surface area (Å²) >= 11 is 0. The molecule has 4 heteroatoms. The topological polar surface area (TPSA) is 66.0 Å². The molecule has 2 N–H and O–H groups in total. The highest BCUT2D eigenvalue weighted by Crippen LogP contribution is 2.27. The molecule has 0 atom stereocenters. The SMILES string of the molecule is Cc1cc(-c2ncc(C=O)[nH]2)cc(C)c1O. The lowest BCUT2D eigenvalue weighted by Crippen LogP contribution is -1.87. The van der Waals surface area contributed by atoms with E-state index in [1.54, 1.807) is 0 Å². The average molecular weight is 216 g/mol. The number of hydrogen-bond acceptors (Lipinski definition) is 3. The predicted molar refractivity (Wildman–Crippen MR) is 60.6 cm³/mol. The molecule has 0 aliphatic heterocycles. The smallest absolute Gasteiger partial charge is 0.167 e. The number of aryl methyl sites for hydroxylation is 2. The van der Waals surface area contributed by atoms with Gasteiger partial charge >= 0.3 is 0 Å². The Labute approximate surface area is 93.0 Å². The summed E-state index contributed by atoms with van der Waals surface area (Å²) in [6.45, 7) is 3.66. The highest BCUT2D eigenvalue weighted by Gasteiger charge is 2.07. The Morgan fingerprint density at radius 1 is 1.31 bits per heavy atom. The number of hydrogen-bond donors (Lipinski definition) is 2. The highest BCUT2D eigenvalue weighted by molar-refractivity contribution is 5.73. The molecule has 0 radical (unpaired) electrons. The fraction of sp³-hybridized carbons (Fsp3) is 0.167. The molecule has 2 rings (SSSR count). The van der Waals surface area contributed by atoms with Crippen molar-refractivity contribution in [2.45, 2.75) is 13.8 Å². The second kappa shape index (κ2) is 3.81. The van der Waals surface area contributed by atoms with Crippen molar-refractivity contribution >= 4 is 6.29 Å². The summed E-state index contributed by atoms with van der Waals surface area (Å²) in [4.78, 5) is 17.5. The molecule has 16 heavy (non-hydrogen) atoms. The number of nitrogens with one attached hydrogen (secondary N) is 1. The van der Waals surface area contributed by atoms with Crippen LogP contribution in [0.3, 0.4) is 0 Å². The molecule has 0 aliphatic carbocycles. The van der Waals surface area contributed by atoms with Crippen LogP contribution in [-0.2, 0) is 0 Å². The lowest BCUT2D eigenvalue weighted by atomic mass is 10.1. The minimum absolute atomic E-state index is 0.297. The molecule has 1 heterocycles. The van der Waals surface area contributed by atoms with Gasteiger partial charge in [0.1, 0.15) is 11.6 Å². The van der Waals surface area contributed by atoms with E-state index < -0.39 is 0 Å². The van der Waals surface area contributed by atoms with Gasteiger partial charge in [0, 0.05) is 5.56 Å². The van der Waals surface area contributed by atoms with E-state index in [2.05, 4.69) is 9.97 Å². The van der Waals surface area contributed by atoms with Crippen LogP contribution in [0.5, 0.6) is 5.75 Å². The number of H-pyrrole nitrogens is 1. The van der Waals surface area contributed by atoms with Gasteiger partial charge in [0.15, 0.2) is 6.29 Å². The van der Waals surface area contributed by atoms with Crippen molar-refractivity contribution in [3.63, 3.8) is 0 Å². The Balaban J connectivity index is 2.52. The summed E-state index contributed by atoms with van der Waals surface area (Å²) in [5.41, 5.74) is 2.89. The molecular formula is C12H12N2O2. The molecule has 0 spiro atoms. The van der Waals surface area contributed by atoms with Crippen molar-refractivity contribution in [2.24, 2.45) is 0 Å². The summed E-state index contributed by atoms with van der Waals surface area (Å²) in [5, 5.41) is 9.64. The maximum atomic E-state index is 10.5. The molecule has 82 valence electrons. The average Bonchev–Trinajstić information content (AvgIpc) is 2.73. The van der Waals surface area contributed by atoms with Gasteiger partial charge in [0.25, 0.3) is 0 Å². The number of nitrogens with zero attached hydrogens (tertiary/aromatic N) is 1. The van der Waals surface area contributed by atoms with Crippen LogP contribution < -0.4 is 0 Å². The molecule has 0 bridgehead atoms. The zero-order chi connectivity index (χ0) is 11.7. The number of phenols is 1. The molecule has 1 aromatic heterocycles. The second-order valence-corrected chi connectivity index (χ2v) is 3.76. The minimum atomic E-state index is 0.297. The second-order valence-electron chi connectivity index (χ2n) is 3.76. The number of carbonyl (C=O) groups excluding carboxylic acids is 1. The highest BCUT2D eigenvalue weighted by atomic mass is 16.3. The van der Waals surface area contributed by atoms with Crippen LogP contribution >= 0.6 is 0 Å². The standard InChI is InChI=1S/C12H12N2O2/c1-7-3-9(4-8(2)11(7)16)12-13-5-10(6-15)14-12/h3-6,16H,1-2H3,(H,13,14). The Hall–Kier alpha value is -2.10. The van der Waals surface area contributed by atoms with Crippen molar-refractivity contribution in [3.05, 3.63) is 35.2 Å². The van der Waals surface area contributed by atoms with Gasteiger partial charge < -0.3 is 10.1 Å². The lowest BCUT2D eigenvalue weighted by molar-refractivity contribution is 0.111. The van der Waals surface area contributed by atoms with E-state index in [1.807, 2.05) is 26.0 Å². The first-order chi connectivity index (χ1) is 7.61. The Kier molecular flexibility index (Phi) is 2.48. The van der Waals surface area contributed by atoms with Crippen molar-refractivity contribution in [2.75, 3.05) is 0 Å². The third kappa shape index (κ3) is 1.69. The van der Waals surface area contributed by atoms with Gasteiger partial charge in [0.2, 0.25) is 0 Å². The molecule has 4 nitrogen and oxygen atoms in total. The zero-order valence-electron chi connectivity index (χ0n) is 9.11. The van der Waals surface area contributed by atoms with E-state index in [4.69, 9.17) is 0 Å². The van der Waals surface area contributed by atoms with Gasteiger partial charge in [-0.15, -0.1) is 0 Å². The Morgan fingerprint density at radius 2 is 1.94 bits per heavy atom. The number of imidazole rings is 1. The van der Waals surface area contributed by atoms with Crippen LogP contribution in [0, 0.1) is 13.8 Å².